The summed E-state index contributed by atoms with van der Waals surface area (Å²) in [7, 11) is 0. The van der Waals surface area contributed by atoms with Crippen LogP contribution in [0, 0.1) is 12.3 Å². The van der Waals surface area contributed by atoms with Crippen molar-refractivity contribution < 1.29 is 14.7 Å². The highest BCUT2D eigenvalue weighted by molar-refractivity contribution is 6.07. The molecule has 1 fully saturated rings. The van der Waals surface area contributed by atoms with Crippen molar-refractivity contribution >= 4 is 29.2 Å². The molecule has 0 radical (unpaired) electrons. The number of carbonyl (C=O) groups is 2. The maximum absolute atomic E-state index is 12.9. The van der Waals surface area contributed by atoms with Gasteiger partial charge < -0.3 is 10.8 Å². The van der Waals surface area contributed by atoms with Gasteiger partial charge in [0.25, 0.3) is 0 Å². The largest absolute Gasteiger partial charge is 0.481 e. The first-order chi connectivity index (χ1) is 12.9. The van der Waals surface area contributed by atoms with Gasteiger partial charge in [0.15, 0.2) is 0 Å². The fourth-order valence-corrected chi connectivity index (χ4v) is 3.22. The van der Waals surface area contributed by atoms with Crippen molar-refractivity contribution in [3.8, 4) is 0 Å². The zero-order valence-corrected chi connectivity index (χ0v) is 15.1. The van der Waals surface area contributed by atoms with E-state index in [0.717, 1.165) is 22.5 Å². The Morgan fingerprint density at radius 3 is 2.41 bits per heavy atom. The summed E-state index contributed by atoms with van der Waals surface area (Å²) in [6.07, 6.45) is 0.558. The van der Waals surface area contributed by atoms with Gasteiger partial charge in [0.05, 0.1) is 0 Å². The minimum atomic E-state index is -0.824. The van der Waals surface area contributed by atoms with Gasteiger partial charge in [-0.1, -0.05) is 12.1 Å². The van der Waals surface area contributed by atoms with Crippen LogP contribution in [0.3, 0.4) is 0 Å². The predicted molar refractivity (Wildman–Crippen MR) is 105 cm³/mol. The van der Waals surface area contributed by atoms with Crippen molar-refractivity contribution in [2.45, 2.75) is 19.8 Å². The van der Waals surface area contributed by atoms with Gasteiger partial charge in [-0.15, -0.1) is 0 Å². The lowest BCUT2D eigenvalue weighted by Crippen LogP contribution is -2.32. The van der Waals surface area contributed by atoms with Crippen LogP contribution in [0.5, 0.6) is 0 Å². The topological polar surface area (TPSA) is 111 Å². The second-order valence-corrected chi connectivity index (χ2v) is 6.56. The summed E-state index contributed by atoms with van der Waals surface area (Å²) in [4.78, 5) is 27.0. The summed E-state index contributed by atoms with van der Waals surface area (Å²) >= 11 is 0. The Bertz CT molecular complexity index is 893. The number of nitrogens with one attached hydrogen (secondary N) is 1. The molecular weight excluding hydrogens is 344 g/mol. The van der Waals surface area contributed by atoms with Crippen LogP contribution in [0.1, 0.15) is 23.1 Å². The highest BCUT2D eigenvalue weighted by atomic mass is 16.4. The molecule has 7 heteroatoms. The molecule has 0 spiro atoms. The fourth-order valence-electron chi connectivity index (χ4n) is 3.22. The number of urea groups is 1. The maximum Gasteiger partial charge on any atom is 0.329 e. The molecule has 7 nitrogen and oxygen atoms in total. The highest BCUT2D eigenvalue weighted by Crippen LogP contribution is 2.28. The van der Waals surface area contributed by atoms with Gasteiger partial charge in [0.1, 0.15) is 5.84 Å². The normalized spacial score (nSPS) is 13.9. The molecule has 0 atom stereocenters. The van der Waals surface area contributed by atoms with Gasteiger partial charge >= 0.3 is 12.0 Å². The zero-order chi connectivity index (χ0) is 19.6. The van der Waals surface area contributed by atoms with Gasteiger partial charge in [-0.2, -0.15) is 0 Å². The van der Waals surface area contributed by atoms with Crippen LogP contribution in [0.25, 0.3) is 0 Å². The minimum Gasteiger partial charge on any atom is -0.481 e. The Labute approximate surface area is 157 Å². The molecular formula is C20H22N4O3. The molecule has 0 aromatic heterocycles. The zero-order valence-electron chi connectivity index (χ0n) is 15.1. The minimum absolute atomic E-state index is 0.00186. The van der Waals surface area contributed by atoms with Crippen molar-refractivity contribution in [1.29, 1.82) is 5.41 Å². The Morgan fingerprint density at radius 1 is 1.15 bits per heavy atom. The van der Waals surface area contributed by atoms with Gasteiger partial charge in [-0.25, -0.2) is 4.79 Å². The third-order valence-electron chi connectivity index (χ3n) is 4.68. The van der Waals surface area contributed by atoms with E-state index in [4.69, 9.17) is 16.2 Å². The van der Waals surface area contributed by atoms with Gasteiger partial charge in [-0.05, 0) is 54.8 Å². The van der Waals surface area contributed by atoms with E-state index in [9.17, 15) is 9.59 Å². The average Bonchev–Trinajstić information content (AvgIpc) is 3.01. The maximum atomic E-state index is 12.9. The van der Waals surface area contributed by atoms with Crippen LogP contribution in [0.15, 0.2) is 42.5 Å². The number of nitrogens with two attached hydrogens (primary N) is 1. The van der Waals surface area contributed by atoms with Crippen LogP contribution in [-0.4, -0.2) is 36.0 Å². The summed E-state index contributed by atoms with van der Waals surface area (Å²) in [5.74, 6) is -0.822. The number of nitrogens with zero attached hydrogens (tertiary/aromatic N) is 2. The molecule has 1 aliphatic heterocycles. The molecule has 4 N–H and O–H groups in total. The third-order valence-corrected chi connectivity index (χ3v) is 4.68. The van der Waals surface area contributed by atoms with Crippen LogP contribution in [-0.2, 0) is 11.2 Å². The number of rotatable bonds is 6. The molecule has 2 aromatic rings. The lowest BCUT2D eigenvalue weighted by atomic mass is 10.1. The Kier molecular flexibility index (Phi) is 5.12. The first kappa shape index (κ1) is 18.4. The molecule has 140 valence electrons. The van der Waals surface area contributed by atoms with Crippen LogP contribution < -0.4 is 15.5 Å². The summed E-state index contributed by atoms with van der Waals surface area (Å²) < 4.78 is 0. The smallest absolute Gasteiger partial charge is 0.329 e. The monoisotopic (exact) mass is 366 g/mol. The molecule has 3 rings (SSSR count). The number of carboxylic acid groups (broad SMARTS) is 1. The van der Waals surface area contributed by atoms with Crippen LogP contribution in [0.2, 0.25) is 0 Å². The number of amidine groups is 1. The Balaban J connectivity index is 1.75. The van der Waals surface area contributed by atoms with E-state index in [0.29, 0.717) is 25.1 Å². The number of nitrogen functional groups attached to an aromatic ring is 1. The number of amides is 2. The van der Waals surface area contributed by atoms with E-state index in [1.54, 1.807) is 15.9 Å². The first-order valence-electron chi connectivity index (χ1n) is 8.71. The van der Waals surface area contributed by atoms with Crippen molar-refractivity contribution in [1.82, 2.24) is 0 Å². The Hall–Kier alpha value is -3.35. The molecule has 1 heterocycles. The van der Waals surface area contributed by atoms with E-state index in [1.807, 2.05) is 43.3 Å². The number of carbonyl (C=O) groups excluding carboxylic acids is 1. The number of hydrogen-bond donors (Lipinski definition) is 3. The summed E-state index contributed by atoms with van der Waals surface area (Å²) in [6, 6.07) is 12.7. The number of aliphatic carboxylic acids is 1. The van der Waals surface area contributed by atoms with Crippen molar-refractivity contribution in [3.63, 3.8) is 0 Å². The molecule has 1 aliphatic rings. The molecule has 0 saturated carbocycles. The molecule has 0 bridgehead atoms. The second kappa shape index (κ2) is 7.49. The molecule has 0 unspecified atom stereocenters. The molecule has 2 amide bonds. The second-order valence-electron chi connectivity index (χ2n) is 6.56. The summed E-state index contributed by atoms with van der Waals surface area (Å²) in [5.41, 5.74) is 9.58. The molecule has 27 heavy (non-hydrogen) atoms. The average molecular weight is 366 g/mol. The van der Waals surface area contributed by atoms with Gasteiger partial charge in [-0.3, -0.25) is 20.0 Å². The van der Waals surface area contributed by atoms with E-state index in [2.05, 4.69) is 0 Å². The number of benzene rings is 2. The number of carboxylic acids is 1. The number of hydrogen-bond acceptors (Lipinski definition) is 3. The first-order valence-corrected chi connectivity index (χ1v) is 8.71. The van der Waals surface area contributed by atoms with E-state index < -0.39 is 5.97 Å². The predicted octanol–water partition coefficient (Wildman–Crippen LogP) is 2.74. The Morgan fingerprint density at radius 2 is 1.81 bits per heavy atom. The van der Waals surface area contributed by atoms with Crippen LogP contribution >= 0.6 is 0 Å². The van der Waals surface area contributed by atoms with Crippen molar-refractivity contribution in [2.24, 2.45) is 5.73 Å². The summed E-state index contributed by atoms with van der Waals surface area (Å²) in [5, 5.41) is 16.3. The van der Waals surface area contributed by atoms with Crippen molar-refractivity contribution in [2.75, 3.05) is 22.9 Å². The quantitative estimate of drug-likeness (QED) is 0.539. The van der Waals surface area contributed by atoms with Gasteiger partial charge in [0, 0.05) is 36.4 Å². The summed E-state index contributed by atoms with van der Waals surface area (Å²) in [6.45, 7) is 3.04. The van der Waals surface area contributed by atoms with E-state index >= 15 is 0 Å². The molecule has 0 aliphatic carbocycles. The van der Waals surface area contributed by atoms with Crippen molar-refractivity contribution in [3.05, 3.63) is 59.2 Å². The molecule has 2 aromatic carbocycles. The third kappa shape index (κ3) is 3.92. The van der Waals surface area contributed by atoms with E-state index in [1.165, 1.54) is 0 Å². The number of anilines is 2. The standard InChI is InChI=1S/C20H22N4O3/c1-13-12-15(19(21)22)5-8-17(13)24-11-10-23(20(24)27)16-6-2-14(3-7-16)4-9-18(25)26/h2-3,5-8,12H,4,9-11H2,1H3,(H3,21,22)(H,25,26). The number of aryl methyl sites for hydroxylation is 2. The molecule has 1 saturated heterocycles. The highest BCUT2D eigenvalue weighted by Gasteiger charge is 2.31. The lowest BCUT2D eigenvalue weighted by Gasteiger charge is -2.21. The lowest BCUT2D eigenvalue weighted by molar-refractivity contribution is -0.136. The fraction of sp³-hybridized carbons (Fsp3) is 0.250. The van der Waals surface area contributed by atoms with Gasteiger partial charge in [0.2, 0.25) is 0 Å². The SMILES string of the molecule is Cc1cc(C(=N)N)ccc1N1CCN(c2ccc(CCC(=O)O)cc2)C1=O. The van der Waals surface area contributed by atoms with E-state index in [-0.39, 0.29) is 18.3 Å². The van der Waals surface area contributed by atoms with Crippen LogP contribution in [0.4, 0.5) is 16.2 Å².